The summed E-state index contributed by atoms with van der Waals surface area (Å²) in [6, 6.07) is 0.294. The van der Waals surface area contributed by atoms with E-state index in [2.05, 4.69) is 24.7 Å². The second-order valence-corrected chi connectivity index (χ2v) is 4.06. The van der Waals surface area contributed by atoms with Crippen LogP contribution in [0.1, 0.15) is 53.4 Å². The van der Waals surface area contributed by atoms with Gasteiger partial charge in [-0.2, -0.15) is 0 Å². The Morgan fingerprint density at radius 1 is 1.14 bits per heavy atom. The van der Waals surface area contributed by atoms with Crippen LogP contribution in [-0.4, -0.2) is 11.9 Å². The zero-order valence-corrected chi connectivity index (χ0v) is 9.89. The van der Waals surface area contributed by atoms with E-state index < -0.39 is 0 Å². The number of carbonyl (C=O) groups is 1. The van der Waals surface area contributed by atoms with Gasteiger partial charge in [0.2, 0.25) is 5.91 Å². The van der Waals surface area contributed by atoms with E-state index in [1.165, 1.54) is 0 Å². The topological polar surface area (TPSA) is 41.1 Å². The summed E-state index contributed by atoms with van der Waals surface area (Å²) in [7, 11) is 0. The minimum atomic E-state index is 0.141. The molecular formula is C11H24N2O. The van der Waals surface area contributed by atoms with Gasteiger partial charge in [-0.05, 0) is 26.7 Å². The van der Waals surface area contributed by atoms with Gasteiger partial charge in [0, 0.05) is 12.0 Å². The van der Waals surface area contributed by atoms with Crippen LogP contribution in [0.15, 0.2) is 0 Å². The first kappa shape index (κ1) is 13.4. The molecule has 0 rings (SSSR count). The number of nitrogens with one attached hydrogen (secondary N) is 2. The standard InChI is InChI=1S/C11H24N2O/c1-5-7-10(8-6-2)11(14)13-12-9(3)4/h9-10,12H,5-8H2,1-4H3,(H,13,14). The number of hydrogen-bond acceptors (Lipinski definition) is 2. The van der Waals surface area contributed by atoms with Crippen LogP contribution >= 0.6 is 0 Å². The van der Waals surface area contributed by atoms with Crippen molar-refractivity contribution in [1.29, 1.82) is 0 Å². The quantitative estimate of drug-likeness (QED) is 0.619. The highest BCUT2D eigenvalue weighted by Crippen LogP contribution is 2.12. The van der Waals surface area contributed by atoms with Crippen LogP contribution in [0.3, 0.4) is 0 Å². The lowest BCUT2D eigenvalue weighted by Crippen LogP contribution is -2.44. The molecular weight excluding hydrogens is 176 g/mol. The third-order valence-corrected chi connectivity index (χ3v) is 2.13. The molecule has 0 atom stereocenters. The zero-order valence-electron chi connectivity index (χ0n) is 9.89. The lowest BCUT2D eigenvalue weighted by Gasteiger charge is -2.17. The van der Waals surface area contributed by atoms with E-state index in [1.54, 1.807) is 0 Å². The molecule has 3 nitrogen and oxygen atoms in total. The summed E-state index contributed by atoms with van der Waals surface area (Å²) in [6.07, 6.45) is 4.11. The molecule has 84 valence electrons. The Balaban J connectivity index is 3.88. The van der Waals surface area contributed by atoms with Crippen LogP contribution in [0.2, 0.25) is 0 Å². The molecule has 0 aliphatic heterocycles. The van der Waals surface area contributed by atoms with Gasteiger partial charge in [0.25, 0.3) is 0 Å². The van der Waals surface area contributed by atoms with Crippen molar-refractivity contribution in [2.45, 2.75) is 59.4 Å². The van der Waals surface area contributed by atoms with E-state index in [0.29, 0.717) is 6.04 Å². The lowest BCUT2D eigenvalue weighted by atomic mass is 9.98. The normalized spacial score (nSPS) is 11.0. The smallest absolute Gasteiger partial charge is 0.237 e. The summed E-state index contributed by atoms with van der Waals surface area (Å²) in [4.78, 5) is 11.7. The first-order valence-electron chi connectivity index (χ1n) is 5.67. The second kappa shape index (κ2) is 7.80. The molecule has 0 aliphatic carbocycles. The Morgan fingerprint density at radius 3 is 2.00 bits per heavy atom. The largest absolute Gasteiger partial charge is 0.291 e. The number of carbonyl (C=O) groups excluding carboxylic acids is 1. The lowest BCUT2D eigenvalue weighted by molar-refractivity contribution is -0.126. The highest BCUT2D eigenvalue weighted by atomic mass is 16.2. The molecule has 0 radical (unpaired) electrons. The molecule has 14 heavy (non-hydrogen) atoms. The van der Waals surface area contributed by atoms with E-state index in [4.69, 9.17) is 0 Å². The predicted octanol–water partition coefficient (Wildman–Crippen LogP) is 2.23. The SMILES string of the molecule is CCCC(CCC)C(=O)NNC(C)C. The maximum atomic E-state index is 11.7. The van der Waals surface area contributed by atoms with Crippen molar-refractivity contribution in [1.82, 2.24) is 10.9 Å². The van der Waals surface area contributed by atoms with Crippen molar-refractivity contribution < 1.29 is 4.79 Å². The maximum absolute atomic E-state index is 11.7. The Labute approximate surface area is 87.6 Å². The molecule has 0 aliphatic rings. The van der Waals surface area contributed by atoms with Gasteiger partial charge in [-0.3, -0.25) is 10.2 Å². The number of hydrazine groups is 1. The van der Waals surface area contributed by atoms with Gasteiger partial charge >= 0.3 is 0 Å². The molecule has 0 unspecified atom stereocenters. The van der Waals surface area contributed by atoms with Gasteiger partial charge < -0.3 is 0 Å². The van der Waals surface area contributed by atoms with Gasteiger partial charge in [-0.25, -0.2) is 5.43 Å². The van der Waals surface area contributed by atoms with Crippen molar-refractivity contribution in [3.63, 3.8) is 0 Å². The van der Waals surface area contributed by atoms with Gasteiger partial charge in [-0.1, -0.05) is 26.7 Å². The molecule has 0 saturated heterocycles. The molecule has 0 saturated carbocycles. The fourth-order valence-corrected chi connectivity index (χ4v) is 1.42. The first-order chi connectivity index (χ1) is 6.61. The highest BCUT2D eigenvalue weighted by molar-refractivity contribution is 5.78. The number of rotatable bonds is 7. The van der Waals surface area contributed by atoms with Gasteiger partial charge in [0.1, 0.15) is 0 Å². The third kappa shape index (κ3) is 5.97. The molecule has 0 fully saturated rings. The minimum Gasteiger partial charge on any atom is -0.291 e. The molecule has 0 bridgehead atoms. The molecule has 0 spiro atoms. The Kier molecular flexibility index (Phi) is 7.48. The molecule has 0 aromatic rings. The number of amides is 1. The highest BCUT2D eigenvalue weighted by Gasteiger charge is 2.15. The van der Waals surface area contributed by atoms with E-state index in [-0.39, 0.29) is 11.8 Å². The van der Waals surface area contributed by atoms with Gasteiger partial charge in [-0.15, -0.1) is 0 Å². The summed E-state index contributed by atoms with van der Waals surface area (Å²) in [5.41, 5.74) is 5.71. The molecule has 1 amide bonds. The first-order valence-corrected chi connectivity index (χ1v) is 5.67. The summed E-state index contributed by atoms with van der Waals surface area (Å²) in [5, 5.41) is 0. The maximum Gasteiger partial charge on any atom is 0.237 e. The Hall–Kier alpha value is -0.570. The fourth-order valence-electron chi connectivity index (χ4n) is 1.42. The zero-order chi connectivity index (χ0) is 11.0. The molecule has 2 N–H and O–H groups in total. The van der Waals surface area contributed by atoms with Crippen molar-refractivity contribution in [2.24, 2.45) is 5.92 Å². The average Bonchev–Trinajstić information content (AvgIpc) is 2.14. The van der Waals surface area contributed by atoms with Crippen LogP contribution in [0.5, 0.6) is 0 Å². The monoisotopic (exact) mass is 200 g/mol. The van der Waals surface area contributed by atoms with E-state index in [1.807, 2.05) is 13.8 Å². The molecule has 0 heterocycles. The van der Waals surface area contributed by atoms with Crippen molar-refractivity contribution >= 4 is 5.91 Å². The predicted molar refractivity (Wildman–Crippen MR) is 59.7 cm³/mol. The fraction of sp³-hybridized carbons (Fsp3) is 0.909. The van der Waals surface area contributed by atoms with Crippen molar-refractivity contribution in [2.75, 3.05) is 0 Å². The summed E-state index contributed by atoms with van der Waals surface area (Å²) in [5.74, 6) is 0.318. The minimum absolute atomic E-state index is 0.141. The van der Waals surface area contributed by atoms with E-state index in [0.717, 1.165) is 25.7 Å². The number of hydrogen-bond donors (Lipinski definition) is 2. The van der Waals surface area contributed by atoms with Crippen LogP contribution in [0.4, 0.5) is 0 Å². The van der Waals surface area contributed by atoms with Crippen LogP contribution < -0.4 is 10.9 Å². The second-order valence-electron chi connectivity index (χ2n) is 4.06. The van der Waals surface area contributed by atoms with Crippen LogP contribution in [0.25, 0.3) is 0 Å². The molecule has 3 heteroatoms. The Bertz CT molecular complexity index is 151. The van der Waals surface area contributed by atoms with Gasteiger partial charge in [0.05, 0.1) is 0 Å². The summed E-state index contributed by atoms with van der Waals surface area (Å²) in [6.45, 7) is 8.25. The van der Waals surface area contributed by atoms with E-state index >= 15 is 0 Å². The third-order valence-electron chi connectivity index (χ3n) is 2.13. The molecule has 0 aromatic carbocycles. The Morgan fingerprint density at radius 2 is 1.64 bits per heavy atom. The average molecular weight is 200 g/mol. The van der Waals surface area contributed by atoms with Crippen LogP contribution in [-0.2, 0) is 4.79 Å². The van der Waals surface area contributed by atoms with Crippen molar-refractivity contribution in [3.05, 3.63) is 0 Å². The summed E-state index contributed by atoms with van der Waals surface area (Å²) >= 11 is 0. The van der Waals surface area contributed by atoms with E-state index in [9.17, 15) is 4.79 Å². The summed E-state index contributed by atoms with van der Waals surface area (Å²) < 4.78 is 0. The van der Waals surface area contributed by atoms with Crippen molar-refractivity contribution in [3.8, 4) is 0 Å². The van der Waals surface area contributed by atoms with Crippen LogP contribution in [0, 0.1) is 5.92 Å². The molecule has 0 aromatic heterocycles. The van der Waals surface area contributed by atoms with Gasteiger partial charge in [0.15, 0.2) is 0 Å².